The Bertz CT molecular complexity index is 614. The van der Waals surface area contributed by atoms with E-state index in [1.165, 1.54) is 12.0 Å². The molecule has 0 radical (unpaired) electrons. The highest BCUT2D eigenvalue weighted by molar-refractivity contribution is 5.82. The van der Waals surface area contributed by atoms with Crippen LogP contribution in [0.2, 0.25) is 0 Å². The number of nitriles is 1. The Morgan fingerprint density at radius 2 is 1.92 bits per heavy atom. The van der Waals surface area contributed by atoms with Crippen LogP contribution in [0.1, 0.15) is 72.6 Å². The van der Waals surface area contributed by atoms with Crippen LogP contribution in [0.4, 0.5) is 0 Å². The summed E-state index contributed by atoms with van der Waals surface area (Å²) in [5.74, 6) is 7.06. The molecule has 0 bridgehead atoms. The Balaban J connectivity index is 0.000000730. The van der Waals surface area contributed by atoms with Crippen molar-refractivity contribution in [2.45, 2.75) is 72.6 Å². The van der Waals surface area contributed by atoms with Crippen molar-refractivity contribution >= 4 is 5.78 Å². The van der Waals surface area contributed by atoms with Crippen LogP contribution in [-0.4, -0.2) is 5.78 Å². The van der Waals surface area contributed by atoms with Gasteiger partial charge in [0.25, 0.3) is 0 Å². The second-order valence-electron chi connectivity index (χ2n) is 7.27. The molecule has 0 saturated heterocycles. The van der Waals surface area contributed by atoms with Gasteiger partial charge in [0, 0.05) is 18.3 Å². The van der Waals surface area contributed by atoms with Crippen molar-refractivity contribution in [3.8, 4) is 17.9 Å². The molecule has 4 atom stereocenters. The minimum atomic E-state index is -0.0840. The fourth-order valence-electron chi connectivity index (χ4n) is 5.24. The first-order chi connectivity index (χ1) is 12.0. The molecule has 3 aliphatic carbocycles. The van der Waals surface area contributed by atoms with Crippen LogP contribution < -0.4 is 0 Å². The van der Waals surface area contributed by atoms with Crippen LogP contribution in [0.25, 0.3) is 0 Å². The highest BCUT2D eigenvalue weighted by Crippen LogP contribution is 2.62. The van der Waals surface area contributed by atoms with Gasteiger partial charge in [0.1, 0.15) is 5.78 Å². The number of rotatable bonds is 0. The number of allylic oxidation sites excluding steroid dienone is 2. The van der Waals surface area contributed by atoms with E-state index < -0.39 is 0 Å². The monoisotopic (exact) mass is 339 g/mol. The standard InChI is InChI=1S/C19H23NO.C2H6.C2H4/c1-14-15-7-12-19(10-5-13-20)9-4-3-6-17(19)18(15,2)11-8-16(14)21;2*1-2/h6,14-15H,3-4,7-9,11-12H2,1-2H3;1-2H3;1-2H2. The van der Waals surface area contributed by atoms with E-state index in [-0.39, 0.29) is 16.7 Å². The van der Waals surface area contributed by atoms with Gasteiger partial charge in [-0.3, -0.25) is 4.79 Å². The highest BCUT2D eigenvalue weighted by Gasteiger charge is 2.55. The Labute approximate surface area is 154 Å². The number of ketones is 1. The molecule has 2 saturated carbocycles. The summed E-state index contributed by atoms with van der Waals surface area (Å²) in [4.78, 5) is 12.1. The molecule has 0 aliphatic heterocycles. The number of fused-ring (bicyclic) bond motifs is 3. The lowest BCUT2D eigenvalue weighted by atomic mass is 9.47. The summed E-state index contributed by atoms with van der Waals surface area (Å²) >= 11 is 0. The largest absolute Gasteiger partial charge is 0.299 e. The molecule has 0 spiro atoms. The SMILES string of the molecule is C=C.CC.CC1C(=O)CCC2(C)C3=CCCCC3(C#CC#N)CCC12. The van der Waals surface area contributed by atoms with Gasteiger partial charge in [-0.2, -0.15) is 5.26 Å². The molecular formula is C23H33NO. The number of Topliss-reactive ketones (excluding diaryl/α,β-unsaturated/α-hetero) is 1. The van der Waals surface area contributed by atoms with E-state index in [4.69, 9.17) is 5.26 Å². The van der Waals surface area contributed by atoms with Crippen LogP contribution in [0.3, 0.4) is 0 Å². The minimum Gasteiger partial charge on any atom is -0.299 e. The maximum absolute atomic E-state index is 12.1. The van der Waals surface area contributed by atoms with E-state index in [9.17, 15) is 4.79 Å². The van der Waals surface area contributed by atoms with Crippen LogP contribution in [-0.2, 0) is 4.79 Å². The van der Waals surface area contributed by atoms with Gasteiger partial charge in [0.15, 0.2) is 6.07 Å². The fourth-order valence-corrected chi connectivity index (χ4v) is 5.24. The van der Waals surface area contributed by atoms with Gasteiger partial charge in [0.05, 0.1) is 5.41 Å². The molecule has 4 unspecified atom stereocenters. The molecule has 0 N–H and O–H groups in total. The van der Waals surface area contributed by atoms with E-state index in [1.54, 1.807) is 0 Å². The topological polar surface area (TPSA) is 40.9 Å². The van der Waals surface area contributed by atoms with Crippen LogP contribution >= 0.6 is 0 Å². The van der Waals surface area contributed by atoms with Crippen molar-refractivity contribution in [2.24, 2.45) is 22.7 Å². The van der Waals surface area contributed by atoms with Crippen molar-refractivity contribution in [1.82, 2.24) is 0 Å². The first-order valence-corrected chi connectivity index (χ1v) is 9.69. The first kappa shape index (κ1) is 21.2. The Morgan fingerprint density at radius 3 is 2.56 bits per heavy atom. The lowest BCUT2D eigenvalue weighted by Gasteiger charge is -2.56. The summed E-state index contributed by atoms with van der Waals surface area (Å²) in [7, 11) is 0. The van der Waals surface area contributed by atoms with Gasteiger partial charge in [-0.25, -0.2) is 0 Å². The fraction of sp³-hybridized carbons (Fsp3) is 0.652. The molecule has 136 valence electrons. The van der Waals surface area contributed by atoms with Gasteiger partial charge in [-0.05, 0) is 55.4 Å². The van der Waals surface area contributed by atoms with Gasteiger partial charge < -0.3 is 0 Å². The maximum Gasteiger partial charge on any atom is 0.152 e. The molecule has 25 heavy (non-hydrogen) atoms. The number of carbonyl (C=O) groups excluding carboxylic acids is 1. The third-order valence-corrected chi connectivity index (χ3v) is 6.35. The van der Waals surface area contributed by atoms with Crippen LogP contribution in [0, 0.1) is 45.8 Å². The summed E-state index contributed by atoms with van der Waals surface area (Å²) in [5, 5.41) is 8.87. The van der Waals surface area contributed by atoms with Gasteiger partial charge >= 0.3 is 0 Å². The Hall–Kier alpha value is -1.80. The van der Waals surface area contributed by atoms with Crippen LogP contribution in [0.5, 0.6) is 0 Å². The first-order valence-electron chi connectivity index (χ1n) is 9.69. The second kappa shape index (κ2) is 9.05. The van der Waals surface area contributed by atoms with E-state index in [1.807, 2.05) is 19.9 Å². The molecule has 2 fully saturated rings. The molecule has 0 aromatic rings. The van der Waals surface area contributed by atoms with Crippen molar-refractivity contribution in [3.63, 3.8) is 0 Å². The van der Waals surface area contributed by atoms with Gasteiger partial charge in [-0.15, -0.1) is 13.2 Å². The average Bonchev–Trinajstić information content (AvgIpc) is 2.67. The van der Waals surface area contributed by atoms with Crippen molar-refractivity contribution in [2.75, 3.05) is 0 Å². The van der Waals surface area contributed by atoms with Crippen molar-refractivity contribution in [1.29, 1.82) is 5.26 Å². The third-order valence-electron chi connectivity index (χ3n) is 6.35. The lowest BCUT2D eigenvalue weighted by Crippen LogP contribution is -2.50. The number of hydrogen-bond donors (Lipinski definition) is 0. The van der Waals surface area contributed by atoms with E-state index >= 15 is 0 Å². The third kappa shape index (κ3) is 3.74. The molecule has 2 nitrogen and oxygen atoms in total. The number of carbonyl (C=O) groups is 1. The highest BCUT2D eigenvalue weighted by atomic mass is 16.1. The quantitative estimate of drug-likeness (QED) is 0.410. The van der Waals surface area contributed by atoms with Gasteiger partial charge in [-0.1, -0.05) is 39.7 Å². The molecule has 0 heterocycles. The zero-order chi connectivity index (χ0) is 19.1. The summed E-state index contributed by atoms with van der Waals surface area (Å²) in [6.45, 7) is 14.5. The molecule has 3 rings (SSSR count). The Kier molecular flexibility index (Phi) is 7.69. The molecule has 0 amide bonds. The summed E-state index contributed by atoms with van der Waals surface area (Å²) in [5.41, 5.74) is 1.48. The predicted molar refractivity (Wildman–Crippen MR) is 105 cm³/mol. The molecule has 3 aliphatic rings. The summed E-state index contributed by atoms with van der Waals surface area (Å²) < 4.78 is 0. The predicted octanol–water partition coefficient (Wildman–Crippen LogP) is 5.85. The number of nitrogens with zero attached hydrogens (tertiary/aromatic N) is 1. The van der Waals surface area contributed by atoms with Crippen LogP contribution in [0.15, 0.2) is 24.8 Å². The minimum absolute atomic E-state index is 0.0840. The van der Waals surface area contributed by atoms with Gasteiger partial charge in [0.2, 0.25) is 0 Å². The average molecular weight is 340 g/mol. The maximum atomic E-state index is 12.1. The number of hydrogen-bond acceptors (Lipinski definition) is 2. The lowest BCUT2D eigenvalue weighted by molar-refractivity contribution is -0.131. The molecule has 0 aromatic carbocycles. The van der Waals surface area contributed by atoms with E-state index in [2.05, 4.69) is 44.9 Å². The zero-order valence-corrected chi connectivity index (χ0v) is 16.5. The summed E-state index contributed by atoms with van der Waals surface area (Å²) in [6.07, 6.45) is 9.51. The molecule has 0 aromatic heterocycles. The van der Waals surface area contributed by atoms with E-state index in [0.29, 0.717) is 18.1 Å². The second-order valence-corrected chi connectivity index (χ2v) is 7.27. The van der Waals surface area contributed by atoms with E-state index in [0.717, 1.165) is 32.1 Å². The van der Waals surface area contributed by atoms with Crippen molar-refractivity contribution in [3.05, 3.63) is 24.8 Å². The molecular weight excluding hydrogens is 306 g/mol. The smallest absolute Gasteiger partial charge is 0.152 e. The molecule has 2 heteroatoms. The zero-order valence-electron chi connectivity index (χ0n) is 16.5. The van der Waals surface area contributed by atoms with Crippen molar-refractivity contribution < 1.29 is 4.79 Å². The Morgan fingerprint density at radius 1 is 1.24 bits per heavy atom. The normalized spacial score (nSPS) is 35.5. The summed E-state index contributed by atoms with van der Waals surface area (Å²) in [6, 6.07) is 2.00.